The lowest BCUT2D eigenvalue weighted by Crippen LogP contribution is -2.30. The molecule has 32 heavy (non-hydrogen) atoms. The molecule has 0 saturated carbocycles. The molecule has 1 aliphatic heterocycles. The summed E-state index contributed by atoms with van der Waals surface area (Å²) < 4.78 is 17.6. The number of ether oxygens (including phenoxy) is 3. The van der Waals surface area contributed by atoms with Crippen molar-refractivity contribution in [2.45, 2.75) is 32.1 Å². The summed E-state index contributed by atoms with van der Waals surface area (Å²) in [6.45, 7) is 3.22. The van der Waals surface area contributed by atoms with Gasteiger partial charge >= 0.3 is 0 Å². The first-order valence-corrected chi connectivity index (χ1v) is 10.7. The Bertz CT molecular complexity index is 1170. The van der Waals surface area contributed by atoms with E-state index in [-0.39, 0.29) is 23.8 Å². The lowest BCUT2D eigenvalue weighted by molar-refractivity contribution is -0.129. The van der Waals surface area contributed by atoms with E-state index in [1.165, 1.54) is 4.52 Å². The van der Waals surface area contributed by atoms with Crippen LogP contribution in [0.3, 0.4) is 0 Å². The molecule has 1 aromatic carbocycles. The number of benzene rings is 1. The van der Waals surface area contributed by atoms with E-state index in [0.29, 0.717) is 42.4 Å². The minimum atomic E-state index is -0.119. The number of carbonyl (C=O) groups is 1. The van der Waals surface area contributed by atoms with Gasteiger partial charge in [0.1, 0.15) is 0 Å². The van der Waals surface area contributed by atoms with Gasteiger partial charge in [-0.2, -0.15) is 0 Å². The van der Waals surface area contributed by atoms with Crippen molar-refractivity contribution in [2.75, 3.05) is 34.4 Å². The topological polar surface area (TPSA) is 98.2 Å². The molecule has 170 valence electrons. The van der Waals surface area contributed by atoms with Crippen molar-refractivity contribution in [1.82, 2.24) is 19.5 Å². The van der Waals surface area contributed by atoms with Crippen LogP contribution in [-0.2, 0) is 17.6 Å². The zero-order chi connectivity index (χ0) is 22.8. The summed E-state index contributed by atoms with van der Waals surface area (Å²) in [5.41, 5.74) is 2.99. The highest BCUT2D eigenvalue weighted by molar-refractivity contribution is 5.79. The zero-order valence-electron chi connectivity index (χ0n) is 18.8. The number of methoxy groups -OCH3 is 3. The normalized spacial score (nSPS) is 15.9. The number of nitrogens with zero attached hydrogens (tertiary/aromatic N) is 3. The number of carbonyl (C=O) groups excluding carboxylic acids is 1. The van der Waals surface area contributed by atoms with Gasteiger partial charge < -0.3 is 19.1 Å². The molecule has 0 bridgehead atoms. The maximum atomic E-state index is 13.0. The second-order valence-electron chi connectivity index (χ2n) is 7.88. The minimum absolute atomic E-state index is 0.0291. The number of H-pyrrole nitrogens is 1. The summed E-state index contributed by atoms with van der Waals surface area (Å²) in [7, 11) is 4.65. The molecule has 2 aromatic heterocycles. The Labute approximate surface area is 185 Å². The summed E-state index contributed by atoms with van der Waals surface area (Å²) in [4.78, 5) is 31.7. The first-order chi connectivity index (χ1) is 15.5. The van der Waals surface area contributed by atoms with Crippen molar-refractivity contribution >= 4 is 11.6 Å². The summed E-state index contributed by atoms with van der Waals surface area (Å²) in [6, 6.07) is 7.06. The molecule has 9 nitrogen and oxygen atoms in total. The molecule has 1 atom stereocenters. The van der Waals surface area contributed by atoms with Gasteiger partial charge in [-0.05, 0) is 30.5 Å². The monoisotopic (exact) mass is 440 g/mol. The molecule has 3 heterocycles. The van der Waals surface area contributed by atoms with E-state index in [2.05, 4.69) is 10.1 Å². The quantitative estimate of drug-likeness (QED) is 0.605. The highest BCUT2D eigenvalue weighted by atomic mass is 16.5. The van der Waals surface area contributed by atoms with Crippen LogP contribution in [0.25, 0.3) is 5.65 Å². The predicted molar refractivity (Wildman–Crippen MR) is 119 cm³/mol. The largest absolute Gasteiger partial charge is 0.493 e. The van der Waals surface area contributed by atoms with Gasteiger partial charge in [0, 0.05) is 42.5 Å². The predicted octanol–water partition coefficient (Wildman–Crippen LogP) is 2.17. The van der Waals surface area contributed by atoms with Crippen molar-refractivity contribution in [3.8, 4) is 17.2 Å². The van der Waals surface area contributed by atoms with Gasteiger partial charge in [0.25, 0.3) is 5.56 Å². The summed E-state index contributed by atoms with van der Waals surface area (Å²) >= 11 is 0. The molecule has 9 heteroatoms. The number of aryl methyl sites for hydroxylation is 1. The highest BCUT2D eigenvalue weighted by Gasteiger charge is 2.29. The summed E-state index contributed by atoms with van der Waals surface area (Å²) in [6.07, 6.45) is 1.76. The number of rotatable bonds is 7. The Kier molecular flexibility index (Phi) is 6.07. The molecular formula is C23H28N4O5. The maximum absolute atomic E-state index is 13.0. The number of aromatic amines is 1. The SMILES string of the molecule is CCc1cc(=O)n2[nH]c([C@@H]3CCN(C(=O)Cc4cc(OC)c(OC)c(OC)c4)C3)cc2n1. The van der Waals surface area contributed by atoms with Crippen molar-refractivity contribution in [1.29, 1.82) is 0 Å². The molecule has 3 aromatic rings. The van der Waals surface area contributed by atoms with Crippen LogP contribution < -0.4 is 19.8 Å². The van der Waals surface area contributed by atoms with E-state index in [1.54, 1.807) is 39.5 Å². The molecule has 1 amide bonds. The average molecular weight is 441 g/mol. The fourth-order valence-electron chi connectivity index (χ4n) is 4.21. The van der Waals surface area contributed by atoms with Crippen LogP contribution in [0, 0.1) is 0 Å². The molecule has 0 radical (unpaired) electrons. The Morgan fingerprint density at radius 1 is 1.12 bits per heavy atom. The standard InChI is InChI=1S/C23H28N4O5/c1-5-16-11-22(29)27-20(24-16)12-17(25-27)15-6-7-26(13-15)21(28)10-14-8-18(30-2)23(32-4)19(9-14)31-3/h8-9,11-12,15,25H,5-7,10,13H2,1-4H3/t15-/m1/s1. The molecule has 1 aliphatic rings. The van der Waals surface area contributed by atoms with Crippen LogP contribution in [0.5, 0.6) is 17.2 Å². The van der Waals surface area contributed by atoms with E-state index < -0.39 is 0 Å². The molecule has 0 aliphatic carbocycles. The van der Waals surface area contributed by atoms with Gasteiger partial charge in [0.2, 0.25) is 11.7 Å². The highest BCUT2D eigenvalue weighted by Crippen LogP contribution is 2.38. The second-order valence-corrected chi connectivity index (χ2v) is 7.88. The first kappa shape index (κ1) is 21.7. The van der Waals surface area contributed by atoms with Gasteiger partial charge in [-0.25, -0.2) is 9.50 Å². The molecule has 1 saturated heterocycles. The number of likely N-dealkylation sites (tertiary alicyclic amines) is 1. The third kappa shape index (κ3) is 4.02. The van der Waals surface area contributed by atoms with Gasteiger partial charge in [-0.3, -0.25) is 14.7 Å². The van der Waals surface area contributed by atoms with E-state index in [4.69, 9.17) is 14.2 Å². The van der Waals surface area contributed by atoms with E-state index in [0.717, 1.165) is 23.4 Å². The zero-order valence-corrected chi connectivity index (χ0v) is 18.8. The molecule has 4 rings (SSSR count). The Balaban J connectivity index is 1.49. The Morgan fingerprint density at radius 2 is 1.84 bits per heavy atom. The fourth-order valence-corrected chi connectivity index (χ4v) is 4.21. The maximum Gasteiger partial charge on any atom is 0.272 e. The molecule has 1 N–H and O–H groups in total. The van der Waals surface area contributed by atoms with Crippen LogP contribution >= 0.6 is 0 Å². The van der Waals surface area contributed by atoms with Gasteiger partial charge in [-0.15, -0.1) is 0 Å². The fraction of sp³-hybridized carbons (Fsp3) is 0.435. The van der Waals surface area contributed by atoms with Gasteiger partial charge in [0.15, 0.2) is 17.1 Å². The molecule has 1 fully saturated rings. The van der Waals surface area contributed by atoms with Crippen LogP contribution in [0.1, 0.15) is 36.2 Å². The Morgan fingerprint density at radius 3 is 2.47 bits per heavy atom. The number of aromatic nitrogens is 3. The van der Waals surface area contributed by atoms with Crippen LogP contribution in [0.4, 0.5) is 0 Å². The lowest BCUT2D eigenvalue weighted by Gasteiger charge is -2.18. The first-order valence-electron chi connectivity index (χ1n) is 10.7. The molecule has 0 unspecified atom stereocenters. The molecule has 0 spiro atoms. The van der Waals surface area contributed by atoms with E-state index in [9.17, 15) is 9.59 Å². The minimum Gasteiger partial charge on any atom is -0.493 e. The van der Waals surface area contributed by atoms with Crippen LogP contribution in [0.2, 0.25) is 0 Å². The van der Waals surface area contributed by atoms with Gasteiger partial charge in [-0.1, -0.05) is 6.92 Å². The molecular weight excluding hydrogens is 412 g/mol. The third-order valence-electron chi connectivity index (χ3n) is 5.95. The van der Waals surface area contributed by atoms with Crippen molar-refractivity contribution < 1.29 is 19.0 Å². The number of amides is 1. The number of fused-ring (bicyclic) bond motifs is 1. The number of nitrogens with one attached hydrogen (secondary N) is 1. The second kappa shape index (κ2) is 8.94. The van der Waals surface area contributed by atoms with Crippen LogP contribution in [0.15, 0.2) is 29.1 Å². The Hall–Kier alpha value is -3.49. The lowest BCUT2D eigenvalue weighted by atomic mass is 10.1. The number of hydrogen-bond acceptors (Lipinski definition) is 6. The summed E-state index contributed by atoms with van der Waals surface area (Å²) in [5, 5.41) is 3.17. The van der Waals surface area contributed by atoms with E-state index >= 15 is 0 Å². The average Bonchev–Trinajstić information content (AvgIpc) is 3.45. The van der Waals surface area contributed by atoms with Crippen LogP contribution in [-0.4, -0.2) is 59.8 Å². The number of hydrogen-bond donors (Lipinski definition) is 1. The summed E-state index contributed by atoms with van der Waals surface area (Å²) in [5.74, 6) is 1.71. The van der Waals surface area contributed by atoms with Crippen molar-refractivity contribution in [2.24, 2.45) is 0 Å². The van der Waals surface area contributed by atoms with Gasteiger partial charge in [0.05, 0.1) is 27.8 Å². The smallest absolute Gasteiger partial charge is 0.272 e. The third-order valence-corrected chi connectivity index (χ3v) is 5.95. The van der Waals surface area contributed by atoms with E-state index in [1.807, 2.05) is 17.9 Å². The van der Waals surface area contributed by atoms with Crippen molar-refractivity contribution in [3.63, 3.8) is 0 Å². The van der Waals surface area contributed by atoms with Crippen molar-refractivity contribution in [3.05, 3.63) is 51.6 Å².